The summed E-state index contributed by atoms with van der Waals surface area (Å²) in [6, 6.07) is 12.0. The topological polar surface area (TPSA) is 75.5 Å². The van der Waals surface area contributed by atoms with Crippen molar-refractivity contribution in [2.24, 2.45) is 5.92 Å². The first-order chi connectivity index (χ1) is 15.5. The molecule has 5 rings (SSSR count). The number of anilines is 1. The van der Waals surface area contributed by atoms with E-state index >= 15 is 0 Å². The molecule has 0 N–H and O–H groups in total. The van der Waals surface area contributed by atoms with Gasteiger partial charge in [-0.05, 0) is 56.5 Å². The van der Waals surface area contributed by atoms with Gasteiger partial charge in [-0.1, -0.05) is 11.6 Å². The summed E-state index contributed by atoms with van der Waals surface area (Å²) >= 11 is 0. The predicted octanol–water partition coefficient (Wildman–Crippen LogP) is 4.59. The van der Waals surface area contributed by atoms with Crippen LogP contribution in [-0.4, -0.2) is 37.1 Å². The molecule has 3 aromatic rings. The van der Waals surface area contributed by atoms with Gasteiger partial charge in [-0.15, -0.1) is 0 Å². The second-order valence-corrected chi connectivity index (χ2v) is 8.59. The molecule has 2 aromatic carbocycles. The Bertz CT molecular complexity index is 1250. The Labute approximate surface area is 187 Å². The third-order valence-corrected chi connectivity index (χ3v) is 6.41. The smallest absolute Gasteiger partial charge is 0.166 e. The van der Waals surface area contributed by atoms with Gasteiger partial charge in [0.1, 0.15) is 19.3 Å². The van der Waals surface area contributed by atoms with Crippen LogP contribution in [0.3, 0.4) is 0 Å². The standard InChI is InChI=1S/C26H25N3O3/c1-16-11-17(2)24-21(12-16)25(20(14-27)15-28-24)29-7-5-18(6-8-29)26(30)19-3-4-22-23(13-19)32-10-9-31-22/h3-4,11-13,15,18H,5-10H2,1-2H3. The monoisotopic (exact) mass is 427 g/mol. The zero-order valence-corrected chi connectivity index (χ0v) is 18.4. The summed E-state index contributed by atoms with van der Waals surface area (Å²) in [7, 11) is 0. The highest BCUT2D eigenvalue weighted by molar-refractivity contribution is 5.99. The summed E-state index contributed by atoms with van der Waals surface area (Å²) in [5, 5.41) is 10.8. The molecule has 0 aliphatic carbocycles. The lowest BCUT2D eigenvalue weighted by molar-refractivity contribution is 0.0899. The molecule has 0 bridgehead atoms. The number of rotatable bonds is 3. The maximum atomic E-state index is 13.2. The summed E-state index contributed by atoms with van der Waals surface area (Å²) in [5.41, 5.74) is 5.38. The van der Waals surface area contributed by atoms with Crippen LogP contribution in [0.15, 0.2) is 36.5 Å². The molecule has 0 unspecified atom stereocenters. The van der Waals surface area contributed by atoms with Gasteiger partial charge in [-0.3, -0.25) is 9.78 Å². The van der Waals surface area contributed by atoms with Crippen LogP contribution in [0, 0.1) is 31.1 Å². The van der Waals surface area contributed by atoms with Crippen molar-refractivity contribution in [2.75, 3.05) is 31.2 Å². The molecule has 1 fully saturated rings. The van der Waals surface area contributed by atoms with Crippen molar-refractivity contribution in [3.63, 3.8) is 0 Å². The number of ketones is 1. The normalized spacial score (nSPS) is 16.1. The molecule has 162 valence electrons. The number of fused-ring (bicyclic) bond motifs is 2. The van der Waals surface area contributed by atoms with E-state index in [1.54, 1.807) is 12.3 Å². The number of carbonyl (C=O) groups is 1. The molecule has 2 aliphatic rings. The van der Waals surface area contributed by atoms with E-state index in [9.17, 15) is 10.1 Å². The number of aromatic nitrogens is 1. The fourth-order valence-corrected chi connectivity index (χ4v) is 4.87. The second kappa shape index (κ2) is 8.16. The quantitative estimate of drug-likeness (QED) is 0.569. The molecule has 6 nitrogen and oxygen atoms in total. The SMILES string of the molecule is Cc1cc(C)c2ncc(C#N)c(N3CCC(C(=O)c4ccc5c(c4)OCCO5)CC3)c2c1. The Hall–Kier alpha value is -3.59. The largest absolute Gasteiger partial charge is 0.486 e. The van der Waals surface area contributed by atoms with Crippen LogP contribution >= 0.6 is 0 Å². The Kier molecular flexibility index (Phi) is 5.18. The third kappa shape index (κ3) is 3.54. The maximum absolute atomic E-state index is 13.2. The molecule has 0 amide bonds. The summed E-state index contributed by atoms with van der Waals surface area (Å²) in [6.07, 6.45) is 3.16. The molecule has 2 aliphatic heterocycles. The highest BCUT2D eigenvalue weighted by Gasteiger charge is 2.29. The Morgan fingerprint density at radius 3 is 2.59 bits per heavy atom. The zero-order valence-electron chi connectivity index (χ0n) is 18.4. The van der Waals surface area contributed by atoms with E-state index in [2.05, 4.69) is 41.9 Å². The Morgan fingerprint density at radius 2 is 1.84 bits per heavy atom. The molecular weight excluding hydrogens is 402 g/mol. The molecule has 0 spiro atoms. The van der Waals surface area contributed by atoms with Gasteiger partial charge in [0.15, 0.2) is 17.3 Å². The van der Waals surface area contributed by atoms with Crippen molar-refractivity contribution < 1.29 is 14.3 Å². The van der Waals surface area contributed by atoms with Gasteiger partial charge in [-0.25, -0.2) is 0 Å². The number of hydrogen-bond donors (Lipinski definition) is 0. The first-order valence-electron chi connectivity index (χ1n) is 11.0. The van der Waals surface area contributed by atoms with Crippen LogP contribution in [0.1, 0.15) is 39.9 Å². The molecule has 3 heterocycles. The molecule has 0 atom stereocenters. The van der Waals surface area contributed by atoms with Gasteiger partial charge in [0.2, 0.25) is 0 Å². The number of nitriles is 1. The van der Waals surface area contributed by atoms with Crippen molar-refractivity contribution >= 4 is 22.4 Å². The van der Waals surface area contributed by atoms with E-state index in [1.807, 2.05) is 12.1 Å². The number of ether oxygens (including phenoxy) is 2. The van der Waals surface area contributed by atoms with Crippen LogP contribution < -0.4 is 14.4 Å². The van der Waals surface area contributed by atoms with E-state index in [4.69, 9.17) is 9.47 Å². The third-order valence-electron chi connectivity index (χ3n) is 6.41. The van der Waals surface area contributed by atoms with Crippen LogP contribution in [0.25, 0.3) is 10.9 Å². The summed E-state index contributed by atoms with van der Waals surface area (Å²) in [4.78, 5) is 20.0. The number of Topliss-reactive ketones (excluding diaryl/α,β-unsaturated/α-hetero) is 1. The fourth-order valence-electron chi connectivity index (χ4n) is 4.87. The number of piperidine rings is 1. The maximum Gasteiger partial charge on any atom is 0.166 e. The van der Waals surface area contributed by atoms with Crippen LogP contribution in [0.4, 0.5) is 5.69 Å². The predicted molar refractivity (Wildman–Crippen MR) is 123 cm³/mol. The van der Waals surface area contributed by atoms with Crippen LogP contribution in [0.2, 0.25) is 0 Å². The van der Waals surface area contributed by atoms with Gasteiger partial charge in [0.05, 0.1) is 16.8 Å². The number of carbonyl (C=O) groups excluding carboxylic acids is 1. The van der Waals surface area contributed by atoms with E-state index in [0.29, 0.717) is 35.8 Å². The number of benzene rings is 2. The molecule has 1 aromatic heterocycles. The molecule has 6 heteroatoms. The fraction of sp³-hybridized carbons (Fsp3) is 0.346. The summed E-state index contributed by atoms with van der Waals surface area (Å²) < 4.78 is 11.2. The molecule has 0 saturated carbocycles. The highest BCUT2D eigenvalue weighted by Crippen LogP contribution is 2.36. The minimum Gasteiger partial charge on any atom is -0.486 e. The van der Waals surface area contributed by atoms with E-state index in [1.165, 1.54) is 0 Å². The molecular formula is C26H25N3O3. The number of nitrogens with zero attached hydrogens (tertiary/aromatic N) is 3. The Balaban J connectivity index is 1.39. The molecule has 0 radical (unpaired) electrons. The van der Waals surface area contributed by atoms with Gasteiger partial charge < -0.3 is 14.4 Å². The number of aryl methyl sites for hydroxylation is 2. The first kappa shape index (κ1) is 20.3. The van der Waals surface area contributed by atoms with Crippen molar-refractivity contribution in [1.82, 2.24) is 4.98 Å². The van der Waals surface area contributed by atoms with Crippen molar-refractivity contribution in [1.29, 1.82) is 5.26 Å². The second-order valence-electron chi connectivity index (χ2n) is 8.59. The van der Waals surface area contributed by atoms with E-state index in [0.717, 1.165) is 53.6 Å². The van der Waals surface area contributed by atoms with Crippen molar-refractivity contribution in [2.45, 2.75) is 26.7 Å². The summed E-state index contributed by atoms with van der Waals surface area (Å²) in [5.74, 6) is 1.44. The average molecular weight is 428 g/mol. The highest BCUT2D eigenvalue weighted by atomic mass is 16.6. The van der Waals surface area contributed by atoms with Crippen LogP contribution in [-0.2, 0) is 0 Å². The minimum atomic E-state index is -0.0454. The summed E-state index contributed by atoms with van der Waals surface area (Å²) in [6.45, 7) is 6.60. The van der Waals surface area contributed by atoms with E-state index < -0.39 is 0 Å². The lowest BCUT2D eigenvalue weighted by Gasteiger charge is -2.34. The lowest BCUT2D eigenvalue weighted by atomic mass is 9.88. The van der Waals surface area contributed by atoms with Gasteiger partial charge in [0.25, 0.3) is 0 Å². The first-order valence-corrected chi connectivity index (χ1v) is 11.0. The van der Waals surface area contributed by atoms with Crippen molar-refractivity contribution in [3.05, 3.63) is 58.8 Å². The van der Waals surface area contributed by atoms with Gasteiger partial charge in [0, 0.05) is 36.2 Å². The zero-order chi connectivity index (χ0) is 22.2. The van der Waals surface area contributed by atoms with Gasteiger partial charge >= 0.3 is 0 Å². The van der Waals surface area contributed by atoms with Gasteiger partial charge in [-0.2, -0.15) is 5.26 Å². The van der Waals surface area contributed by atoms with Crippen LogP contribution in [0.5, 0.6) is 11.5 Å². The minimum absolute atomic E-state index is 0.0454. The lowest BCUT2D eigenvalue weighted by Crippen LogP contribution is -2.37. The average Bonchev–Trinajstić information content (AvgIpc) is 2.82. The number of pyridine rings is 1. The molecule has 32 heavy (non-hydrogen) atoms. The van der Waals surface area contributed by atoms with E-state index in [-0.39, 0.29) is 11.7 Å². The molecule has 1 saturated heterocycles. The van der Waals surface area contributed by atoms with Crippen molar-refractivity contribution in [3.8, 4) is 17.6 Å². The number of hydrogen-bond acceptors (Lipinski definition) is 6. The Morgan fingerprint density at radius 1 is 1.09 bits per heavy atom.